The first-order chi connectivity index (χ1) is 10.1. The quantitative estimate of drug-likeness (QED) is 0.765. The third-order valence-corrected chi connectivity index (χ3v) is 6.56. The summed E-state index contributed by atoms with van der Waals surface area (Å²) in [6.45, 7) is 1.04. The number of phenolic OH excluding ortho intramolecular Hbond substituents is 1. The summed E-state index contributed by atoms with van der Waals surface area (Å²) in [5.41, 5.74) is 2.46. The Kier molecular flexibility index (Phi) is 3.01. The van der Waals surface area contributed by atoms with Gasteiger partial charge in [-0.2, -0.15) is 0 Å². The molecule has 2 N–H and O–H groups in total. The fraction of sp³-hybridized carbons (Fsp3) is 0.647. The first-order valence-corrected chi connectivity index (χ1v) is 8.03. The first kappa shape index (κ1) is 14.6. The van der Waals surface area contributed by atoms with Crippen LogP contribution >= 0.6 is 12.4 Å². The van der Waals surface area contributed by atoms with Gasteiger partial charge < -0.3 is 19.8 Å². The van der Waals surface area contributed by atoms with Gasteiger partial charge in [-0.25, -0.2) is 0 Å². The largest absolute Gasteiger partial charge is 0.504 e. The van der Waals surface area contributed by atoms with Crippen molar-refractivity contribution in [2.24, 2.45) is 5.92 Å². The van der Waals surface area contributed by atoms with Crippen molar-refractivity contribution in [2.45, 2.75) is 49.3 Å². The van der Waals surface area contributed by atoms with Crippen LogP contribution in [0.2, 0.25) is 0 Å². The lowest BCUT2D eigenvalue weighted by atomic mass is 9.51. The Morgan fingerprint density at radius 3 is 2.95 bits per heavy atom. The Balaban J connectivity index is 0.00000125. The molecule has 1 saturated carbocycles. The van der Waals surface area contributed by atoms with Gasteiger partial charge in [0.15, 0.2) is 11.5 Å². The maximum Gasteiger partial charge on any atom is 0.165 e. The van der Waals surface area contributed by atoms with Crippen molar-refractivity contribution in [3.63, 3.8) is 0 Å². The number of piperidine rings is 1. The molecule has 2 fully saturated rings. The number of hydrogen-bond donors (Lipinski definition) is 2. The number of phenols is 1. The van der Waals surface area contributed by atoms with Crippen molar-refractivity contribution in [3.8, 4) is 11.5 Å². The Morgan fingerprint density at radius 2 is 2.14 bits per heavy atom. The number of halogens is 1. The maximum atomic E-state index is 10.5. The molecule has 1 saturated heterocycles. The predicted molar refractivity (Wildman–Crippen MR) is 84.9 cm³/mol. The smallest absolute Gasteiger partial charge is 0.165 e. The molecule has 0 aromatic heterocycles. The van der Waals surface area contributed by atoms with Crippen LogP contribution in [0.15, 0.2) is 12.1 Å². The van der Waals surface area contributed by atoms with Gasteiger partial charge in [0.1, 0.15) is 6.10 Å². The van der Waals surface area contributed by atoms with Gasteiger partial charge in [0.05, 0.1) is 6.10 Å². The van der Waals surface area contributed by atoms with Crippen molar-refractivity contribution < 1.29 is 14.9 Å². The third kappa shape index (κ3) is 1.46. The Bertz CT molecular complexity index is 637. The molecule has 0 unspecified atom stereocenters. The number of aromatic hydroxyl groups is 1. The van der Waals surface area contributed by atoms with E-state index >= 15 is 0 Å². The van der Waals surface area contributed by atoms with Gasteiger partial charge >= 0.3 is 0 Å². The van der Waals surface area contributed by atoms with Crippen molar-refractivity contribution in [2.75, 3.05) is 13.6 Å². The van der Waals surface area contributed by atoms with Gasteiger partial charge in [-0.05, 0) is 56.8 Å². The van der Waals surface area contributed by atoms with Crippen LogP contribution in [-0.2, 0) is 11.8 Å². The van der Waals surface area contributed by atoms with Gasteiger partial charge in [-0.1, -0.05) is 6.07 Å². The molecule has 22 heavy (non-hydrogen) atoms. The summed E-state index contributed by atoms with van der Waals surface area (Å²) in [7, 11) is 2.22. The summed E-state index contributed by atoms with van der Waals surface area (Å²) in [4.78, 5) is 2.48. The zero-order valence-electron chi connectivity index (χ0n) is 12.7. The van der Waals surface area contributed by atoms with E-state index in [1.54, 1.807) is 6.07 Å². The molecule has 5 atom stereocenters. The highest BCUT2D eigenvalue weighted by Gasteiger charge is 2.65. The molecular weight excluding hydrogens is 302 g/mol. The van der Waals surface area contributed by atoms with Gasteiger partial charge in [0.2, 0.25) is 0 Å². The number of nitrogens with zero attached hydrogens (tertiary/aromatic N) is 1. The predicted octanol–water partition coefficient (Wildman–Crippen LogP) is 1.84. The summed E-state index contributed by atoms with van der Waals surface area (Å²) in [6.07, 6.45) is 3.35. The average molecular weight is 324 g/mol. The third-order valence-electron chi connectivity index (χ3n) is 6.56. The van der Waals surface area contributed by atoms with Crippen LogP contribution in [0.5, 0.6) is 11.5 Å². The normalized spacial score (nSPS) is 41.4. The van der Waals surface area contributed by atoms with Crippen LogP contribution in [0.4, 0.5) is 0 Å². The van der Waals surface area contributed by atoms with Gasteiger partial charge in [0.25, 0.3) is 0 Å². The molecule has 5 rings (SSSR count). The zero-order chi connectivity index (χ0) is 14.4. The van der Waals surface area contributed by atoms with E-state index < -0.39 is 6.10 Å². The zero-order valence-corrected chi connectivity index (χ0v) is 13.5. The summed E-state index contributed by atoms with van der Waals surface area (Å²) < 4.78 is 6.14. The number of ether oxygens (including phenoxy) is 1. The molecule has 4 aliphatic rings. The second-order valence-corrected chi connectivity index (χ2v) is 7.28. The van der Waals surface area contributed by atoms with E-state index in [0.717, 1.165) is 32.2 Å². The molecule has 2 aliphatic heterocycles. The molecule has 1 spiro atoms. The summed E-state index contributed by atoms with van der Waals surface area (Å²) in [6, 6.07) is 4.36. The van der Waals surface area contributed by atoms with Crippen LogP contribution in [0.25, 0.3) is 0 Å². The topological polar surface area (TPSA) is 52.9 Å². The van der Waals surface area contributed by atoms with Crippen LogP contribution in [0.1, 0.15) is 30.4 Å². The number of aliphatic hydroxyl groups is 1. The lowest BCUT2D eigenvalue weighted by Crippen LogP contribution is -2.66. The molecule has 2 heterocycles. The first-order valence-electron chi connectivity index (χ1n) is 8.03. The molecule has 120 valence electrons. The van der Waals surface area contributed by atoms with Crippen LogP contribution in [0.3, 0.4) is 0 Å². The number of rotatable bonds is 0. The average Bonchev–Trinajstić information content (AvgIpc) is 2.83. The summed E-state index contributed by atoms with van der Waals surface area (Å²) in [5.74, 6) is 1.44. The fourth-order valence-corrected chi connectivity index (χ4v) is 5.71. The highest BCUT2D eigenvalue weighted by Crippen LogP contribution is 2.63. The highest BCUT2D eigenvalue weighted by atomic mass is 35.5. The van der Waals surface area contributed by atoms with E-state index in [1.807, 2.05) is 0 Å². The van der Waals surface area contributed by atoms with Crippen molar-refractivity contribution >= 4 is 12.4 Å². The number of likely N-dealkylation sites (N-methyl/N-ethyl adjacent to an activating group) is 1. The summed E-state index contributed by atoms with van der Waals surface area (Å²) >= 11 is 0. The summed E-state index contributed by atoms with van der Waals surface area (Å²) in [5, 5.41) is 20.8. The van der Waals surface area contributed by atoms with E-state index in [-0.39, 0.29) is 29.7 Å². The van der Waals surface area contributed by atoms with Crippen molar-refractivity contribution in [3.05, 3.63) is 23.3 Å². The maximum absolute atomic E-state index is 10.5. The Hall–Kier alpha value is -0.970. The van der Waals surface area contributed by atoms with E-state index in [0.29, 0.717) is 17.7 Å². The SMILES string of the molecule is CN1CC[C@]23c4c5ccc(O)c4O[C@H]2[C@@H](O)CC[C@H]3[C@H]1C5.Cl. The Labute approximate surface area is 136 Å². The molecule has 0 amide bonds. The Morgan fingerprint density at radius 1 is 1.32 bits per heavy atom. The molecule has 1 aromatic carbocycles. The molecular formula is C17H22ClNO3. The molecule has 1 aromatic rings. The lowest BCUT2D eigenvalue weighted by Gasteiger charge is -2.58. The van der Waals surface area contributed by atoms with Crippen LogP contribution in [0, 0.1) is 5.92 Å². The van der Waals surface area contributed by atoms with Crippen LogP contribution < -0.4 is 4.74 Å². The van der Waals surface area contributed by atoms with Crippen LogP contribution in [-0.4, -0.2) is 47.0 Å². The minimum Gasteiger partial charge on any atom is -0.504 e. The van der Waals surface area contributed by atoms with Gasteiger partial charge in [-0.15, -0.1) is 12.4 Å². The van der Waals surface area contributed by atoms with E-state index in [1.165, 1.54) is 11.1 Å². The van der Waals surface area contributed by atoms with Crippen molar-refractivity contribution in [1.29, 1.82) is 0 Å². The monoisotopic (exact) mass is 323 g/mol. The van der Waals surface area contributed by atoms with E-state index in [2.05, 4.69) is 18.0 Å². The second kappa shape index (κ2) is 4.53. The molecule has 4 nitrogen and oxygen atoms in total. The number of aliphatic hydroxyl groups excluding tert-OH is 1. The lowest BCUT2D eigenvalue weighted by molar-refractivity contribution is -0.0993. The van der Waals surface area contributed by atoms with Crippen molar-refractivity contribution in [1.82, 2.24) is 4.90 Å². The number of hydrogen-bond acceptors (Lipinski definition) is 4. The number of likely N-dealkylation sites (tertiary alicyclic amines) is 1. The molecule has 5 heteroatoms. The van der Waals surface area contributed by atoms with Gasteiger partial charge in [0, 0.05) is 17.0 Å². The van der Waals surface area contributed by atoms with E-state index in [9.17, 15) is 10.2 Å². The number of benzene rings is 1. The fourth-order valence-electron chi connectivity index (χ4n) is 5.71. The van der Waals surface area contributed by atoms with Gasteiger partial charge in [-0.3, -0.25) is 0 Å². The molecule has 2 bridgehead atoms. The highest BCUT2D eigenvalue weighted by molar-refractivity contribution is 5.85. The second-order valence-electron chi connectivity index (χ2n) is 7.28. The molecule has 2 aliphatic carbocycles. The standard InChI is InChI=1S/C17H21NO3.ClH/c1-18-7-6-17-10-3-5-13(20)16(17)21-15-12(19)4-2-9(14(15)17)8-11(10)18;/h2,4,10-11,13,16,19-20H,3,5-8H2,1H3;1H/t10-,11+,13-,16-,17-;/m0./s1. The van der Waals surface area contributed by atoms with E-state index in [4.69, 9.17) is 4.74 Å². The minimum absolute atomic E-state index is 0. The minimum atomic E-state index is -0.414. The molecule has 0 radical (unpaired) electrons.